The fourth-order valence-corrected chi connectivity index (χ4v) is 3.47. The van der Waals surface area contributed by atoms with Gasteiger partial charge in [0.1, 0.15) is 17.4 Å². The van der Waals surface area contributed by atoms with Gasteiger partial charge in [-0.3, -0.25) is 0 Å². The molecule has 0 aliphatic carbocycles. The maximum atomic E-state index is 13.0. The molecule has 0 radical (unpaired) electrons. The molecule has 33 heavy (non-hydrogen) atoms. The van der Waals surface area contributed by atoms with Crippen LogP contribution in [-0.4, -0.2) is 53.6 Å². The van der Waals surface area contributed by atoms with E-state index in [4.69, 9.17) is 9.73 Å². The number of aliphatic imine (C=N–C) groups is 1. The molecule has 3 heterocycles. The molecule has 3 aromatic rings. The molecule has 1 saturated heterocycles. The lowest BCUT2D eigenvalue weighted by Crippen LogP contribution is -2.52. The monoisotopic (exact) mass is 562 g/mol. The fraction of sp³-hybridized carbons (Fsp3) is 0.292. The van der Waals surface area contributed by atoms with E-state index in [9.17, 15) is 4.39 Å². The number of hydrogen-bond acceptors (Lipinski definition) is 5. The zero-order valence-corrected chi connectivity index (χ0v) is 20.9. The standard InChI is InChI=1S/C24H27FN6O.HI/c1-2-26-24(31-15-13-30(14-16-31)22-5-3-4-12-27-22)29-18-19-6-11-23(28-17-19)32-21-9-7-20(25)8-10-21;/h3-12,17H,2,13-16,18H2,1H3,(H,26,29);1H. The predicted molar refractivity (Wildman–Crippen MR) is 139 cm³/mol. The van der Waals surface area contributed by atoms with Crippen molar-refractivity contribution < 1.29 is 9.13 Å². The van der Waals surface area contributed by atoms with Gasteiger partial charge in [0.15, 0.2) is 5.96 Å². The van der Waals surface area contributed by atoms with Crippen LogP contribution in [0.2, 0.25) is 0 Å². The van der Waals surface area contributed by atoms with E-state index in [1.807, 2.05) is 30.5 Å². The first-order valence-corrected chi connectivity index (χ1v) is 10.8. The zero-order valence-electron chi connectivity index (χ0n) is 18.5. The molecule has 1 aliphatic rings. The maximum Gasteiger partial charge on any atom is 0.219 e. The van der Waals surface area contributed by atoms with Gasteiger partial charge in [-0.15, -0.1) is 24.0 Å². The van der Waals surface area contributed by atoms with Crippen molar-refractivity contribution in [2.75, 3.05) is 37.6 Å². The normalized spacial score (nSPS) is 13.9. The summed E-state index contributed by atoms with van der Waals surface area (Å²) in [5, 5.41) is 3.39. The Morgan fingerprint density at radius 1 is 1.03 bits per heavy atom. The van der Waals surface area contributed by atoms with E-state index in [0.29, 0.717) is 18.2 Å². The van der Waals surface area contributed by atoms with Crippen LogP contribution in [0, 0.1) is 5.82 Å². The number of guanidine groups is 1. The van der Waals surface area contributed by atoms with Crippen LogP contribution in [0.3, 0.4) is 0 Å². The number of pyridine rings is 2. The number of aromatic nitrogens is 2. The number of hydrogen-bond donors (Lipinski definition) is 1. The lowest BCUT2D eigenvalue weighted by atomic mass is 10.3. The largest absolute Gasteiger partial charge is 0.439 e. The molecule has 7 nitrogen and oxygen atoms in total. The van der Waals surface area contributed by atoms with E-state index in [-0.39, 0.29) is 29.8 Å². The first kappa shape index (κ1) is 24.7. The second kappa shape index (κ2) is 12.3. The fourth-order valence-electron chi connectivity index (χ4n) is 3.47. The van der Waals surface area contributed by atoms with Gasteiger partial charge >= 0.3 is 0 Å². The molecule has 1 aliphatic heterocycles. The first-order chi connectivity index (χ1) is 15.7. The van der Waals surface area contributed by atoms with Crippen molar-refractivity contribution in [2.24, 2.45) is 4.99 Å². The van der Waals surface area contributed by atoms with E-state index in [1.165, 1.54) is 12.1 Å². The Bertz CT molecular complexity index is 1010. The summed E-state index contributed by atoms with van der Waals surface area (Å²) in [6.45, 7) is 6.96. The Hall–Kier alpha value is -2.95. The van der Waals surface area contributed by atoms with E-state index in [0.717, 1.165) is 50.1 Å². The third kappa shape index (κ3) is 7.01. The average Bonchev–Trinajstić information content (AvgIpc) is 2.85. The summed E-state index contributed by atoms with van der Waals surface area (Å²) in [6.07, 6.45) is 3.59. The van der Waals surface area contributed by atoms with Gasteiger partial charge in [-0.25, -0.2) is 19.4 Å². The summed E-state index contributed by atoms with van der Waals surface area (Å²) in [7, 11) is 0. The van der Waals surface area contributed by atoms with Crippen LogP contribution in [0.4, 0.5) is 10.2 Å². The molecule has 4 rings (SSSR count). The number of halogens is 2. The quantitative estimate of drug-likeness (QED) is 0.275. The number of rotatable bonds is 6. The highest BCUT2D eigenvalue weighted by Crippen LogP contribution is 2.20. The van der Waals surface area contributed by atoms with E-state index in [1.54, 1.807) is 24.4 Å². The third-order valence-electron chi connectivity index (χ3n) is 5.13. The lowest BCUT2D eigenvalue weighted by molar-refractivity contribution is 0.371. The summed E-state index contributed by atoms with van der Waals surface area (Å²) in [6, 6.07) is 15.6. The topological polar surface area (TPSA) is 65.9 Å². The average molecular weight is 562 g/mol. The van der Waals surface area contributed by atoms with Crippen LogP contribution >= 0.6 is 24.0 Å². The van der Waals surface area contributed by atoms with Gasteiger partial charge in [0, 0.05) is 51.2 Å². The molecule has 0 amide bonds. The van der Waals surface area contributed by atoms with Crippen LogP contribution in [0.25, 0.3) is 0 Å². The second-order valence-corrected chi connectivity index (χ2v) is 7.39. The van der Waals surface area contributed by atoms with Gasteiger partial charge in [0.2, 0.25) is 5.88 Å². The molecule has 0 unspecified atom stereocenters. The highest BCUT2D eigenvalue weighted by molar-refractivity contribution is 14.0. The van der Waals surface area contributed by atoms with Crippen molar-refractivity contribution in [1.29, 1.82) is 0 Å². The third-order valence-corrected chi connectivity index (χ3v) is 5.13. The minimum Gasteiger partial charge on any atom is -0.439 e. The van der Waals surface area contributed by atoms with Crippen LogP contribution in [0.5, 0.6) is 11.6 Å². The highest BCUT2D eigenvalue weighted by atomic mass is 127. The molecule has 0 saturated carbocycles. The summed E-state index contributed by atoms with van der Waals surface area (Å²) < 4.78 is 18.7. The van der Waals surface area contributed by atoms with Crippen molar-refractivity contribution >= 4 is 35.8 Å². The van der Waals surface area contributed by atoms with Gasteiger partial charge in [-0.2, -0.15) is 0 Å². The summed E-state index contributed by atoms with van der Waals surface area (Å²) in [5.41, 5.74) is 0.985. The molecule has 0 spiro atoms. The van der Waals surface area contributed by atoms with Gasteiger partial charge in [-0.1, -0.05) is 12.1 Å². The molecular weight excluding hydrogens is 534 g/mol. The van der Waals surface area contributed by atoms with Crippen LogP contribution in [0.1, 0.15) is 12.5 Å². The van der Waals surface area contributed by atoms with E-state index < -0.39 is 0 Å². The number of nitrogens with one attached hydrogen (secondary N) is 1. The first-order valence-electron chi connectivity index (χ1n) is 10.8. The molecular formula is C24H28FIN6O. The smallest absolute Gasteiger partial charge is 0.219 e. The minimum absolute atomic E-state index is 0. The maximum absolute atomic E-state index is 13.0. The SMILES string of the molecule is CCNC(=NCc1ccc(Oc2ccc(F)cc2)nc1)N1CCN(c2ccccn2)CC1.I. The Morgan fingerprint density at radius 3 is 2.45 bits per heavy atom. The Labute approximate surface area is 210 Å². The molecule has 0 atom stereocenters. The number of nitrogens with zero attached hydrogens (tertiary/aromatic N) is 5. The zero-order chi connectivity index (χ0) is 22.2. The van der Waals surface area contributed by atoms with Crippen molar-refractivity contribution in [2.45, 2.75) is 13.5 Å². The van der Waals surface area contributed by atoms with Crippen LogP contribution < -0.4 is 15.0 Å². The van der Waals surface area contributed by atoms with Crippen LogP contribution in [0.15, 0.2) is 72.0 Å². The summed E-state index contributed by atoms with van der Waals surface area (Å²) in [4.78, 5) is 18.2. The van der Waals surface area contributed by atoms with Gasteiger partial charge < -0.3 is 19.9 Å². The Morgan fingerprint density at radius 2 is 1.82 bits per heavy atom. The highest BCUT2D eigenvalue weighted by Gasteiger charge is 2.20. The molecule has 0 bridgehead atoms. The number of piperazine rings is 1. The van der Waals surface area contributed by atoms with Crippen molar-refractivity contribution in [1.82, 2.24) is 20.2 Å². The Kier molecular flexibility index (Phi) is 9.23. The molecule has 174 valence electrons. The van der Waals surface area contributed by atoms with Gasteiger partial charge in [-0.05, 0) is 48.9 Å². The molecule has 9 heteroatoms. The summed E-state index contributed by atoms with van der Waals surface area (Å²) in [5.74, 6) is 2.63. The van der Waals surface area contributed by atoms with E-state index >= 15 is 0 Å². The van der Waals surface area contributed by atoms with Crippen molar-refractivity contribution in [3.8, 4) is 11.6 Å². The molecule has 1 fully saturated rings. The number of anilines is 1. The minimum atomic E-state index is -0.298. The number of benzene rings is 1. The van der Waals surface area contributed by atoms with Gasteiger partial charge in [0.05, 0.1) is 6.54 Å². The predicted octanol–water partition coefficient (Wildman–Crippen LogP) is 4.31. The summed E-state index contributed by atoms with van der Waals surface area (Å²) >= 11 is 0. The van der Waals surface area contributed by atoms with E-state index in [2.05, 4.69) is 32.0 Å². The molecule has 1 aromatic carbocycles. The van der Waals surface area contributed by atoms with Crippen molar-refractivity contribution in [3.63, 3.8) is 0 Å². The van der Waals surface area contributed by atoms with Gasteiger partial charge in [0.25, 0.3) is 0 Å². The van der Waals surface area contributed by atoms with Crippen molar-refractivity contribution in [3.05, 3.63) is 78.4 Å². The Balaban J connectivity index is 0.00000306. The lowest BCUT2D eigenvalue weighted by Gasteiger charge is -2.37. The van der Waals surface area contributed by atoms with Crippen LogP contribution in [-0.2, 0) is 6.54 Å². The molecule has 1 N–H and O–H groups in total. The number of ether oxygens (including phenoxy) is 1. The molecule has 2 aromatic heterocycles. The second-order valence-electron chi connectivity index (χ2n) is 7.39.